The monoisotopic (exact) mass is 347 g/mol. The van der Waals surface area contributed by atoms with E-state index >= 15 is 0 Å². The second kappa shape index (κ2) is 7.89. The lowest BCUT2D eigenvalue weighted by molar-refractivity contribution is -0.114. The molecule has 26 heavy (non-hydrogen) atoms. The molecule has 1 heterocycles. The Labute approximate surface area is 150 Å². The van der Waals surface area contributed by atoms with Gasteiger partial charge in [-0.15, -0.1) is 0 Å². The minimum Gasteiger partial charge on any atom is -0.326 e. The standard InChI is InChI=1S/C19H17N5O2/c1-13(25)21-15-7-9-16(10-8-15)23-19-20-12-11-17(24-19)18(26)22-14-5-3-2-4-6-14/h2-12H,1H3,(H,21,25)(H,22,26)(H,20,23,24). The number of para-hydroxylation sites is 1. The highest BCUT2D eigenvalue weighted by Gasteiger charge is 2.09. The molecule has 0 spiro atoms. The van der Waals surface area contributed by atoms with E-state index in [4.69, 9.17) is 0 Å². The van der Waals surface area contributed by atoms with Gasteiger partial charge < -0.3 is 16.0 Å². The summed E-state index contributed by atoms with van der Waals surface area (Å²) in [6.07, 6.45) is 1.51. The first-order chi connectivity index (χ1) is 12.6. The number of hydrogen-bond acceptors (Lipinski definition) is 5. The molecule has 0 aliphatic carbocycles. The molecule has 7 nitrogen and oxygen atoms in total. The molecule has 0 atom stereocenters. The molecule has 3 N–H and O–H groups in total. The quantitative estimate of drug-likeness (QED) is 0.657. The first-order valence-corrected chi connectivity index (χ1v) is 7.94. The number of benzene rings is 2. The van der Waals surface area contributed by atoms with Gasteiger partial charge in [-0.05, 0) is 42.5 Å². The van der Waals surface area contributed by atoms with Gasteiger partial charge in [0.2, 0.25) is 11.9 Å². The van der Waals surface area contributed by atoms with E-state index in [1.165, 1.54) is 13.1 Å². The highest BCUT2D eigenvalue weighted by Crippen LogP contribution is 2.17. The van der Waals surface area contributed by atoms with Crippen LogP contribution >= 0.6 is 0 Å². The first kappa shape index (κ1) is 17.1. The molecule has 0 radical (unpaired) electrons. The minimum absolute atomic E-state index is 0.133. The minimum atomic E-state index is -0.317. The van der Waals surface area contributed by atoms with Crippen LogP contribution in [0.4, 0.5) is 23.0 Å². The van der Waals surface area contributed by atoms with Crippen LogP contribution in [0.1, 0.15) is 17.4 Å². The fraction of sp³-hybridized carbons (Fsp3) is 0.0526. The number of aromatic nitrogens is 2. The van der Waals surface area contributed by atoms with Gasteiger partial charge in [0, 0.05) is 30.2 Å². The number of hydrogen-bond donors (Lipinski definition) is 3. The molecule has 0 fully saturated rings. The van der Waals surface area contributed by atoms with Crippen LogP contribution in [0.25, 0.3) is 0 Å². The van der Waals surface area contributed by atoms with Crippen LogP contribution in [-0.2, 0) is 4.79 Å². The van der Waals surface area contributed by atoms with Crippen LogP contribution in [0.15, 0.2) is 66.9 Å². The van der Waals surface area contributed by atoms with Crippen LogP contribution in [0.2, 0.25) is 0 Å². The van der Waals surface area contributed by atoms with Crippen molar-refractivity contribution < 1.29 is 9.59 Å². The Morgan fingerprint density at radius 3 is 2.15 bits per heavy atom. The third kappa shape index (κ3) is 4.64. The summed E-state index contributed by atoms with van der Waals surface area (Å²) >= 11 is 0. The fourth-order valence-electron chi connectivity index (χ4n) is 2.23. The Hall–Kier alpha value is -3.74. The normalized spacial score (nSPS) is 10.0. The molecule has 0 aliphatic heterocycles. The van der Waals surface area contributed by atoms with E-state index in [0.29, 0.717) is 17.3 Å². The number of nitrogens with one attached hydrogen (secondary N) is 3. The zero-order valence-electron chi connectivity index (χ0n) is 14.1. The summed E-state index contributed by atoms with van der Waals surface area (Å²) in [6.45, 7) is 1.45. The third-order valence-electron chi connectivity index (χ3n) is 3.38. The van der Waals surface area contributed by atoms with Gasteiger partial charge in [-0.3, -0.25) is 9.59 Å². The van der Waals surface area contributed by atoms with E-state index in [1.54, 1.807) is 42.5 Å². The van der Waals surface area contributed by atoms with Crippen molar-refractivity contribution in [3.8, 4) is 0 Å². The van der Waals surface area contributed by atoms with Crippen molar-refractivity contribution in [1.82, 2.24) is 9.97 Å². The van der Waals surface area contributed by atoms with Gasteiger partial charge in [-0.1, -0.05) is 18.2 Å². The Morgan fingerprint density at radius 2 is 1.46 bits per heavy atom. The fourth-order valence-corrected chi connectivity index (χ4v) is 2.23. The van der Waals surface area contributed by atoms with Crippen molar-refractivity contribution in [1.29, 1.82) is 0 Å². The lowest BCUT2D eigenvalue weighted by Crippen LogP contribution is -2.14. The largest absolute Gasteiger partial charge is 0.326 e. The smallest absolute Gasteiger partial charge is 0.274 e. The number of carbonyl (C=O) groups is 2. The predicted octanol–water partition coefficient (Wildman–Crippen LogP) is 3.43. The van der Waals surface area contributed by atoms with Crippen LogP contribution in [0.3, 0.4) is 0 Å². The van der Waals surface area contributed by atoms with Gasteiger partial charge in [0.05, 0.1) is 0 Å². The SMILES string of the molecule is CC(=O)Nc1ccc(Nc2nccc(C(=O)Nc3ccccc3)n2)cc1. The van der Waals surface area contributed by atoms with Crippen molar-refractivity contribution in [2.24, 2.45) is 0 Å². The molecule has 2 aromatic carbocycles. The molecular formula is C19H17N5O2. The summed E-state index contributed by atoms with van der Waals surface area (Å²) in [4.78, 5) is 31.7. The maximum absolute atomic E-state index is 12.3. The molecule has 1 aromatic heterocycles. The lowest BCUT2D eigenvalue weighted by Gasteiger charge is -2.08. The lowest BCUT2D eigenvalue weighted by atomic mass is 10.3. The van der Waals surface area contributed by atoms with Gasteiger partial charge in [0.1, 0.15) is 5.69 Å². The summed E-state index contributed by atoms with van der Waals surface area (Å²) in [7, 11) is 0. The second-order valence-corrected chi connectivity index (χ2v) is 5.47. The van der Waals surface area contributed by atoms with E-state index in [9.17, 15) is 9.59 Å². The molecule has 0 unspecified atom stereocenters. The van der Waals surface area contributed by atoms with Crippen molar-refractivity contribution >= 4 is 34.8 Å². The highest BCUT2D eigenvalue weighted by atomic mass is 16.2. The molecule has 0 saturated heterocycles. The molecule has 130 valence electrons. The van der Waals surface area contributed by atoms with Crippen molar-refractivity contribution in [3.63, 3.8) is 0 Å². The van der Waals surface area contributed by atoms with E-state index in [1.807, 2.05) is 18.2 Å². The predicted molar refractivity (Wildman–Crippen MR) is 100 cm³/mol. The molecule has 0 aliphatic rings. The highest BCUT2D eigenvalue weighted by molar-refractivity contribution is 6.03. The van der Waals surface area contributed by atoms with Gasteiger partial charge in [-0.2, -0.15) is 0 Å². The maximum Gasteiger partial charge on any atom is 0.274 e. The molecule has 0 saturated carbocycles. The van der Waals surface area contributed by atoms with E-state index < -0.39 is 0 Å². The van der Waals surface area contributed by atoms with Crippen LogP contribution in [0.5, 0.6) is 0 Å². The zero-order chi connectivity index (χ0) is 18.4. The third-order valence-corrected chi connectivity index (χ3v) is 3.38. The maximum atomic E-state index is 12.3. The summed E-state index contributed by atoms with van der Waals surface area (Å²) in [6, 6.07) is 17.8. The van der Waals surface area contributed by atoms with Crippen LogP contribution in [-0.4, -0.2) is 21.8 Å². The first-order valence-electron chi connectivity index (χ1n) is 7.94. The van der Waals surface area contributed by atoms with Crippen molar-refractivity contribution in [2.75, 3.05) is 16.0 Å². The van der Waals surface area contributed by atoms with E-state index in [-0.39, 0.29) is 17.5 Å². The van der Waals surface area contributed by atoms with E-state index in [2.05, 4.69) is 25.9 Å². The van der Waals surface area contributed by atoms with Crippen LogP contribution < -0.4 is 16.0 Å². The average Bonchev–Trinajstić information content (AvgIpc) is 2.64. The Morgan fingerprint density at radius 1 is 0.808 bits per heavy atom. The van der Waals surface area contributed by atoms with Gasteiger partial charge in [0.25, 0.3) is 5.91 Å². The molecule has 2 amide bonds. The van der Waals surface area contributed by atoms with Crippen molar-refractivity contribution in [3.05, 3.63) is 72.6 Å². The Balaban J connectivity index is 1.69. The Bertz CT molecular complexity index is 911. The molecule has 0 bridgehead atoms. The van der Waals surface area contributed by atoms with Crippen molar-refractivity contribution in [2.45, 2.75) is 6.92 Å². The summed E-state index contributed by atoms with van der Waals surface area (Å²) in [5, 5.41) is 8.50. The van der Waals surface area contributed by atoms with Gasteiger partial charge in [0.15, 0.2) is 0 Å². The molecule has 7 heteroatoms. The second-order valence-electron chi connectivity index (χ2n) is 5.47. The zero-order valence-corrected chi connectivity index (χ0v) is 14.1. The number of nitrogens with zero attached hydrogens (tertiary/aromatic N) is 2. The summed E-state index contributed by atoms with van der Waals surface area (Å²) in [5.41, 5.74) is 2.38. The molecule has 3 aromatic rings. The summed E-state index contributed by atoms with van der Waals surface area (Å²) < 4.78 is 0. The van der Waals surface area contributed by atoms with E-state index in [0.717, 1.165) is 5.69 Å². The number of amides is 2. The Kier molecular flexibility index (Phi) is 5.19. The van der Waals surface area contributed by atoms with Gasteiger partial charge >= 0.3 is 0 Å². The molecule has 3 rings (SSSR count). The topological polar surface area (TPSA) is 96.0 Å². The average molecular weight is 347 g/mol. The molecular weight excluding hydrogens is 330 g/mol. The number of rotatable bonds is 5. The van der Waals surface area contributed by atoms with Gasteiger partial charge in [-0.25, -0.2) is 9.97 Å². The summed E-state index contributed by atoms with van der Waals surface area (Å²) in [5.74, 6) is -0.146. The van der Waals surface area contributed by atoms with Crippen LogP contribution in [0, 0.1) is 0 Å². The number of anilines is 4. The number of carbonyl (C=O) groups excluding carboxylic acids is 2.